The molecule has 7 heteroatoms. The standard InChI is InChI=1S/Eu.K.H3O4P.H/c;;1-5(2,3)4;/h;;(H3,1,2,3,4);. The molecule has 0 aliphatic carbocycles. The molecule has 4 nitrogen and oxygen atoms in total. The van der Waals surface area contributed by atoms with Gasteiger partial charge in [-0.1, -0.05) is 0 Å². The summed E-state index contributed by atoms with van der Waals surface area (Å²) < 4.78 is 8.88. The molecule has 0 unspecified atom stereocenters. The van der Waals surface area contributed by atoms with E-state index in [-0.39, 0.29) is 101 Å². The number of hydrogen-bond acceptors (Lipinski definition) is 1. The van der Waals surface area contributed by atoms with Crippen molar-refractivity contribution in [3.8, 4) is 0 Å². The Kier molecular flexibility index (Phi) is 17.8. The van der Waals surface area contributed by atoms with Crippen molar-refractivity contribution in [2.24, 2.45) is 0 Å². The molecule has 0 aliphatic heterocycles. The fraction of sp³-hybridized carbons (Fsp3) is 0. The summed E-state index contributed by atoms with van der Waals surface area (Å²) in [6.45, 7) is 0. The average molecular weight is 290 g/mol. The number of rotatable bonds is 0. The van der Waals surface area contributed by atoms with Crippen molar-refractivity contribution in [1.29, 1.82) is 0 Å². The van der Waals surface area contributed by atoms with Crippen molar-refractivity contribution in [1.82, 2.24) is 0 Å². The second-order valence-electron chi connectivity index (χ2n) is 0.513. The first-order valence-corrected chi connectivity index (χ1v) is 2.35. The summed E-state index contributed by atoms with van der Waals surface area (Å²) in [4.78, 5) is 21.6. The van der Waals surface area contributed by atoms with Gasteiger partial charge in [0.1, 0.15) is 0 Å². The Balaban J connectivity index is -0.0000000800. The molecule has 0 atom stereocenters. The summed E-state index contributed by atoms with van der Waals surface area (Å²) in [5, 5.41) is 0. The van der Waals surface area contributed by atoms with Crippen LogP contribution in [-0.4, -0.2) is 66.1 Å². The van der Waals surface area contributed by atoms with Crippen LogP contribution in [0.4, 0.5) is 0 Å². The van der Waals surface area contributed by atoms with Crippen molar-refractivity contribution in [2.75, 3.05) is 0 Å². The Morgan fingerprint density at radius 3 is 1.14 bits per heavy atom. The van der Waals surface area contributed by atoms with Crippen molar-refractivity contribution in [2.45, 2.75) is 0 Å². The minimum absolute atomic E-state index is 0. The molecular weight excluding hydrogens is 286 g/mol. The maximum absolute atomic E-state index is 8.88. The third kappa shape index (κ3) is 45.2. The van der Waals surface area contributed by atoms with Gasteiger partial charge in [-0.05, 0) is 0 Å². The van der Waals surface area contributed by atoms with Crippen LogP contribution in [0.1, 0.15) is 0 Å². The van der Waals surface area contributed by atoms with Crippen LogP contribution >= 0.6 is 7.82 Å². The van der Waals surface area contributed by atoms with Crippen LogP contribution in [-0.2, 0) is 4.57 Å². The first-order chi connectivity index (χ1) is 2.00. The Hall–Kier alpha value is 3.33. The monoisotopic (exact) mass is 291 g/mol. The zero-order valence-corrected chi connectivity index (χ0v) is 5.89. The van der Waals surface area contributed by atoms with Crippen molar-refractivity contribution < 1.29 is 68.6 Å². The quantitative estimate of drug-likeness (QED) is 0.372. The third-order valence-corrected chi connectivity index (χ3v) is 0. The molecule has 0 rings (SSSR count). The maximum atomic E-state index is 8.88. The van der Waals surface area contributed by atoms with Gasteiger partial charge in [-0.3, -0.25) is 0 Å². The van der Waals surface area contributed by atoms with Gasteiger partial charge in [0, 0.05) is 49.4 Å². The van der Waals surface area contributed by atoms with Gasteiger partial charge in [-0.15, -0.1) is 0 Å². The van der Waals surface area contributed by atoms with Crippen LogP contribution in [0.5, 0.6) is 0 Å². The van der Waals surface area contributed by atoms with Crippen molar-refractivity contribution in [3.05, 3.63) is 0 Å². The summed E-state index contributed by atoms with van der Waals surface area (Å²) >= 11 is 0. The van der Waals surface area contributed by atoms with Crippen LogP contribution in [0.25, 0.3) is 0 Å². The molecule has 0 saturated carbocycles. The van der Waals surface area contributed by atoms with Crippen LogP contribution < -0.4 is 0 Å². The molecule has 0 aromatic rings. The summed E-state index contributed by atoms with van der Waals surface area (Å²) in [5.74, 6) is 0. The first kappa shape index (κ1) is 16.7. The summed E-state index contributed by atoms with van der Waals surface area (Å²) in [6.07, 6.45) is 0. The fourth-order valence-corrected chi connectivity index (χ4v) is 0. The van der Waals surface area contributed by atoms with E-state index in [4.69, 9.17) is 19.2 Å². The van der Waals surface area contributed by atoms with Crippen molar-refractivity contribution in [3.63, 3.8) is 0 Å². The van der Waals surface area contributed by atoms with Gasteiger partial charge in [0.05, 0.1) is 0 Å². The van der Waals surface area contributed by atoms with Crippen LogP contribution in [0.15, 0.2) is 0 Å². The average Bonchev–Trinajstić information content (AvgIpc) is 0.722. The van der Waals surface area contributed by atoms with Crippen LogP contribution in [0.2, 0.25) is 0 Å². The molecule has 3 N–H and O–H groups in total. The molecule has 0 heterocycles. The molecule has 1 radical (unpaired) electrons. The normalized spacial score (nSPS) is 8.43. The Labute approximate surface area is 124 Å². The predicted octanol–water partition coefficient (Wildman–Crippen LogP) is -1.58. The molecule has 0 fully saturated rings. The van der Waals surface area contributed by atoms with E-state index in [0.29, 0.717) is 0 Å². The van der Waals surface area contributed by atoms with E-state index in [0.717, 1.165) is 0 Å². The number of phosphoric acid groups is 1. The molecule has 7 heavy (non-hydrogen) atoms. The fourth-order valence-electron chi connectivity index (χ4n) is 0. The van der Waals surface area contributed by atoms with E-state index >= 15 is 0 Å². The SMILES string of the molecule is O=P(O)(O)O.[Eu].[KH]. The summed E-state index contributed by atoms with van der Waals surface area (Å²) in [6, 6.07) is 0. The van der Waals surface area contributed by atoms with E-state index in [2.05, 4.69) is 0 Å². The Morgan fingerprint density at radius 2 is 1.14 bits per heavy atom. The second-order valence-corrected chi connectivity index (χ2v) is 1.54. The molecule has 0 aromatic heterocycles. The van der Waals surface area contributed by atoms with Crippen molar-refractivity contribution >= 4 is 59.2 Å². The molecule has 0 spiro atoms. The number of hydrogen-bond donors (Lipinski definition) is 3. The van der Waals surface area contributed by atoms with E-state index in [1.165, 1.54) is 0 Å². The zero-order chi connectivity index (χ0) is 4.50. The van der Waals surface area contributed by atoms with E-state index in [1.54, 1.807) is 0 Å². The molecule has 0 saturated heterocycles. The molecule has 0 amide bonds. The van der Waals surface area contributed by atoms with Gasteiger partial charge >= 0.3 is 59.2 Å². The molecule has 0 aromatic carbocycles. The molecular formula is H4EuKO4P. The summed E-state index contributed by atoms with van der Waals surface area (Å²) in [5.41, 5.74) is 0. The zero-order valence-electron chi connectivity index (χ0n) is 2.58. The van der Waals surface area contributed by atoms with E-state index < -0.39 is 7.82 Å². The van der Waals surface area contributed by atoms with Crippen LogP contribution in [0, 0.1) is 49.4 Å². The van der Waals surface area contributed by atoms with Gasteiger partial charge < -0.3 is 14.7 Å². The third-order valence-electron chi connectivity index (χ3n) is 0. The minimum atomic E-state index is -4.64. The van der Waals surface area contributed by atoms with Gasteiger partial charge in [0.15, 0.2) is 0 Å². The van der Waals surface area contributed by atoms with E-state index in [1.807, 2.05) is 0 Å². The van der Waals surface area contributed by atoms with Gasteiger partial charge in [-0.2, -0.15) is 0 Å². The Bertz CT molecular complexity index is 57.8. The second kappa shape index (κ2) is 7.44. The Morgan fingerprint density at radius 1 is 1.14 bits per heavy atom. The van der Waals surface area contributed by atoms with Gasteiger partial charge in [0.2, 0.25) is 0 Å². The van der Waals surface area contributed by atoms with E-state index in [9.17, 15) is 0 Å². The molecule has 0 aliphatic rings. The van der Waals surface area contributed by atoms with Gasteiger partial charge in [-0.25, -0.2) is 4.57 Å². The summed E-state index contributed by atoms with van der Waals surface area (Å²) in [7, 11) is -4.64. The van der Waals surface area contributed by atoms with Crippen LogP contribution in [0.3, 0.4) is 0 Å². The van der Waals surface area contributed by atoms with Gasteiger partial charge in [0.25, 0.3) is 0 Å². The molecule has 0 bridgehead atoms. The first-order valence-electron chi connectivity index (χ1n) is 0.783. The predicted molar refractivity (Wildman–Crippen MR) is 21.4 cm³/mol. The molecule has 41 valence electrons. The topological polar surface area (TPSA) is 77.8 Å².